The predicted molar refractivity (Wildman–Crippen MR) is 177 cm³/mol. The molecule has 0 amide bonds. The third kappa shape index (κ3) is 8.49. The molecule has 3 aliphatic rings. The van der Waals surface area contributed by atoms with Crippen LogP contribution in [0.2, 0.25) is 0 Å². The van der Waals surface area contributed by atoms with Gasteiger partial charge in [-0.15, -0.1) is 5.10 Å². The second-order valence-corrected chi connectivity index (χ2v) is 13.4. The molecule has 3 aromatic heterocycles. The summed E-state index contributed by atoms with van der Waals surface area (Å²) < 4.78 is 10.1. The van der Waals surface area contributed by atoms with Crippen molar-refractivity contribution in [1.82, 2.24) is 49.2 Å². The maximum Gasteiger partial charge on any atom is 0.227 e. The molecule has 1 unspecified atom stereocenters. The summed E-state index contributed by atoms with van der Waals surface area (Å²) in [6.45, 7) is 9.35. The second kappa shape index (κ2) is 15.6. The highest BCUT2D eigenvalue weighted by atomic mass is 16.5. The van der Waals surface area contributed by atoms with Gasteiger partial charge in [0.1, 0.15) is 11.9 Å². The van der Waals surface area contributed by atoms with E-state index < -0.39 is 0 Å². The number of hydrogen-bond donors (Lipinski definition) is 1. The molecule has 13 heteroatoms. The largest absolute Gasteiger partial charge is 0.358 e. The number of nitrogens with zero attached hydrogens (tertiary/aromatic N) is 11. The zero-order valence-electron chi connectivity index (χ0n) is 27.8. The molecule has 3 fully saturated rings. The number of likely N-dealkylation sites (N-methyl/N-ethyl adjacent to an activating group) is 1. The lowest BCUT2D eigenvalue weighted by atomic mass is 9.94. The summed E-state index contributed by atoms with van der Waals surface area (Å²) in [5.74, 6) is 1.47. The fraction of sp³-hybridized carbons (Fsp3) is 0.781. The Labute approximate surface area is 268 Å². The first kappa shape index (κ1) is 32.1. The Morgan fingerprint density at radius 3 is 2.53 bits per heavy atom. The quantitative estimate of drug-likeness (QED) is 0.286. The van der Waals surface area contributed by atoms with E-state index in [2.05, 4.69) is 60.9 Å². The van der Waals surface area contributed by atoms with Crippen molar-refractivity contribution >= 4 is 22.9 Å². The van der Waals surface area contributed by atoms with Crippen molar-refractivity contribution in [2.45, 2.75) is 89.6 Å². The highest BCUT2D eigenvalue weighted by Gasteiger charge is 2.25. The Morgan fingerprint density at radius 1 is 0.933 bits per heavy atom. The first-order chi connectivity index (χ1) is 22.0. The van der Waals surface area contributed by atoms with E-state index in [0.717, 1.165) is 107 Å². The lowest BCUT2D eigenvalue weighted by molar-refractivity contribution is -0.0298. The highest BCUT2D eigenvalue weighted by molar-refractivity contribution is 5.85. The zero-order valence-corrected chi connectivity index (χ0v) is 27.8. The second-order valence-electron chi connectivity index (χ2n) is 13.4. The predicted octanol–water partition coefficient (Wildman–Crippen LogP) is 3.46. The number of nitrogens with one attached hydrogen (secondary N) is 1. The molecule has 45 heavy (non-hydrogen) atoms. The van der Waals surface area contributed by atoms with E-state index in [4.69, 9.17) is 19.7 Å². The van der Waals surface area contributed by atoms with E-state index >= 15 is 0 Å². The number of piperazine rings is 1. The van der Waals surface area contributed by atoms with Crippen molar-refractivity contribution in [3.05, 3.63) is 18.2 Å². The Bertz CT molecular complexity index is 1320. The van der Waals surface area contributed by atoms with Crippen molar-refractivity contribution < 1.29 is 4.74 Å². The first-order valence-electron chi connectivity index (χ1n) is 17.3. The van der Waals surface area contributed by atoms with Gasteiger partial charge >= 0.3 is 0 Å². The molecule has 6 rings (SSSR count). The summed E-state index contributed by atoms with van der Waals surface area (Å²) in [5, 5.41) is 12.3. The van der Waals surface area contributed by atoms with Gasteiger partial charge in [-0.25, -0.2) is 4.98 Å². The summed E-state index contributed by atoms with van der Waals surface area (Å²) >= 11 is 0. The van der Waals surface area contributed by atoms with Crippen LogP contribution < -0.4 is 10.2 Å². The molecular weight excluding hydrogens is 568 g/mol. The van der Waals surface area contributed by atoms with Gasteiger partial charge in [0.15, 0.2) is 17.0 Å². The lowest BCUT2D eigenvalue weighted by Crippen LogP contribution is -2.45. The molecule has 0 spiro atoms. The van der Waals surface area contributed by atoms with E-state index in [-0.39, 0.29) is 6.23 Å². The van der Waals surface area contributed by atoms with Crippen LogP contribution in [0.15, 0.2) is 12.5 Å². The number of anilines is 2. The number of hydrogen-bond acceptors (Lipinski definition) is 11. The van der Waals surface area contributed by atoms with Gasteiger partial charge in [-0.05, 0) is 85.7 Å². The monoisotopic (exact) mass is 622 g/mol. The summed E-state index contributed by atoms with van der Waals surface area (Å²) in [7, 11) is 6.71. The van der Waals surface area contributed by atoms with E-state index in [1.54, 1.807) is 0 Å². The normalized spacial score (nSPS) is 20.6. The molecule has 2 aliphatic heterocycles. The summed E-state index contributed by atoms with van der Waals surface area (Å²) in [5.41, 5.74) is 2.54. The fourth-order valence-corrected chi connectivity index (χ4v) is 6.98. The molecule has 0 aromatic carbocycles. The molecule has 0 bridgehead atoms. The van der Waals surface area contributed by atoms with Crippen LogP contribution in [0.25, 0.3) is 11.2 Å². The van der Waals surface area contributed by atoms with Gasteiger partial charge in [0.2, 0.25) is 5.95 Å². The Hall–Kier alpha value is -2.87. The Kier molecular flexibility index (Phi) is 11.1. The van der Waals surface area contributed by atoms with Crippen LogP contribution in [0.3, 0.4) is 0 Å². The van der Waals surface area contributed by atoms with Crippen molar-refractivity contribution in [1.29, 1.82) is 0 Å². The lowest BCUT2D eigenvalue weighted by Gasteiger charge is -2.33. The molecule has 248 valence electrons. The fourth-order valence-electron chi connectivity index (χ4n) is 6.98. The minimum absolute atomic E-state index is 0.0336. The Morgan fingerprint density at radius 2 is 1.73 bits per heavy atom. The topological polar surface area (TPSA) is 109 Å². The minimum Gasteiger partial charge on any atom is -0.358 e. The van der Waals surface area contributed by atoms with Crippen LogP contribution in [0.1, 0.15) is 76.1 Å². The van der Waals surface area contributed by atoms with Gasteiger partial charge in [-0.1, -0.05) is 24.5 Å². The minimum atomic E-state index is -0.0336. The highest BCUT2D eigenvalue weighted by Crippen LogP contribution is 2.30. The van der Waals surface area contributed by atoms with E-state index in [1.165, 1.54) is 45.1 Å². The first-order valence-corrected chi connectivity index (χ1v) is 17.3. The van der Waals surface area contributed by atoms with Crippen molar-refractivity contribution in [3.8, 4) is 0 Å². The van der Waals surface area contributed by atoms with Crippen molar-refractivity contribution in [3.63, 3.8) is 0 Å². The van der Waals surface area contributed by atoms with Crippen LogP contribution in [-0.4, -0.2) is 129 Å². The molecule has 1 saturated carbocycles. The standard InChI is InChI=1S/C32H54N12O/c1-39(14-9-16-41(3)27-11-5-4-6-12-27)15-10-17-43-24-26(37-38-43)23-33-32-35-30(42-20-18-40(2)19-21-42)29-31(36-32)44(25-34-29)28-13-7-8-22-45-28/h24-25,27-28H,4-23H2,1-3H3,(H,33,35,36). The number of aromatic nitrogens is 7. The third-order valence-corrected chi connectivity index (χ3v) is 9.86. The molecule has 1 N–H and O–H groups in total. The number of rotatable bonds is 14. The third-order valence-electron chi connectivity index (χ3n) is 9.86. The SMILES string of the molecule is CN(CCCN(C)C1CCCCC1)CCCn1cc(CNc2nc(N3CCN(C)CC3)c3ncn(C4CCCCO4)c3n2)nn1. The van der Waals surface area contributed by atoms with Crippen LogP contribution in [0.5, 0.6) is 0 Å². The number of fused-ring (bicyclic) bond motifs is 1. The molecule has 13 nitrogen and oxygen atoms in total. The maximum absolute atomic E-state index is 6.10. The Balaban J connectivity index is 1.01. The summed E-state index contributed by atoms with van der Waals surface area (Å²) in [6.07, 6.45) is 16.3. The van der Waals surface area contributed by atoms with E-state index in [9.17, 15) is 0 Å². The van der Waals surface area contributed by atoms with Crippen molar-refractivity contribution in [2.75, 3.05) is 83.8 Å². The molecule has 1 aliphatic carbocycles. The van der Waals surface area contributed by atoms with Crippen LogP contribution in [-0.2, 0) is 17.8 Å². The summed E-state index contributed by atoms with van der Waals surface area (Å²) in [4.78, 5) is 24.4. The molecule has 3 aromatic rings. The molecule has 0 radical (unpaired) electrons. The van der Waals surface area contributed by atoms with Crippen molar-refractivity contribution in [2.24, 2.45) is 0 Å². The van der Waals surface area contributed by atoms with Crippen LogP contribution in [0.4, 0.5) is 11.8 Å². The summed E-state index contributed by atoms with van der Waals surface area (Å²) in [6, 6.07) is 0.799. The zero-order chi connectivity index (χ0) is 31.0. The molecule has 2 saturated heterocycles. The van der Waals surface area contributed by atoms with Gasteiger partial charge in [0, 0.05) is 45.4 Å². The molecule has 5 heterocycles. The number of imidazole rings is 1. The average molecular weight is 623 g/mol. The van der Waals surface area contributed by atoms with Crippen LogP contribution >= 0.6 is 0 Å². The van der Waals surface area contributed by atoms with Gasteiger partial charge in [0.05, 0.1) is 19.1 Å². The molecule has 1 atom stereocenters. The van der Waals surface area contributed by atoms with Gasteiger partial charge in [0.25, 0.3) is 0 Å². The van der Waals surface area contributed by atoms with Gasteiger partial charge < -0.3 is 29.7 Å². The van der Waals surface area contributed by atoms with Gasteiger partial charge in [-0.2, -0.15) is 9.97 Å². The van der Waals surface area contributed by atoms with E-state index in [0.29, 0.717) is 12.5 Å². The van der Waals surface area contributed by atoms with Crippen LogP contribution in [0, 0.1) is 0 Å². The maximum atomic E-state index is 6.10. The average Bonchev–Trinajstić information content (AvgIpc) is 3.72. The molecular formula is C32H54N12O. The van der Waals surface area contributed by atoms with E-state index in [1.807, 2.05) is 17.2 Å². The van der Waals surface area contributed by atoms with Gasteiger partial charge in [-0.3, -0.25) is 9.25 Å². The number of aryl methyl sites for hydroxylation is 1. The smallest absolute Gasteiger partial charge is 0.227 e. The number of ether oxygens (including phenoxy) is 1.